The molecule has 96 valence electrons. The zero-order chi connectivity index (χ0) is 12.6. The fourth-order valence-electron chi connectivity index (χ4n) is 1.93. The first-order chi connectivity index (χ1) is 8.84. The second-order valence-corrected chi connectivity index (χ2v) is 5.54. The molecule has 1 saturated heterocycles. The number of hydrogen-bond acceptors (Lipinski definition) is 3. The van der Waals surface area contributed by atoms with Crippen LogP contribution in [0.25, 0.3) is 6.08 Å². The van der Waals surface area contributed by atoms with Gasteiger partial charge in [0.1, 0.15) is 0 Å². The minimum Gasteiger partial charge on any atom is -0.295 e. The Hall–Kier alpha value is -1.06. The first-order valence-corrected chi connectivity index (χ1v) is 7.56. The van der Waals surface area contributed by atoms with Crippen LogP contribution in [0.4, 0.5) is 0 Å². The smallest absolute Gasteiger partial charge is 0.156 e. The average Bonchev–Trinajstić information content (AvgIpc) is 2.45. The number of rotatable bonds is 5. The Morgan fingerprint density at radius 2 is 2.17 bits per heavy atom. The summed E-state index contributed by atoms with van der Waals surface area (Å²) in [5.41, 5.74) is 1.08. The third kappa shape index (κ3) is 4.67. The number of hydrogen-bond donors (Lipinski definition) is 0. The van der Waals surface area contributed by atoms with Gasteiger partial charge in [0.05, 0.1) is 0 Å². The molecule has 0 amide bonds. The Kier molecular flexibility index (Phi) is 5.49. The summed E-state index contributed by atoms with van der Waals surface area (Å²) in [6.45, 7) is 2.04. The molecule has 1 aromatic rings. The molecule has 1 aliphatic heterocycles. The van der Waals surface area contributed by atoms with Gasteiger partial charge in [-0.1, -0.05) is 36.4 Å². The number of allylic oxidation sites excluding steroid dienone is 1. The van der Waals surface area contributed by atoms with Gasteiger partial charge < -0.3 is 0 Å². The molecule has 0 bridgehead atoms. The summed E-state index contributed by atoms with van der Waals surface area (Å²) in [7, 11) is 0. The molecule has 1 fully saturated rings. The molecule has 18 heavy (non-hydrogen) atoms. The van der Waals surface area contributed by atoms with Crippen molar-refractivity contribution in [1.82, 2.24) is 4.90 Å². The van der Waals surface area contributed by atoms with E-state index in [4.69, 9.17) is 0 Å². The molecule has 2 nitrogen and oxygen atoms in total. The first-order valence-electron chi connectivity index (χ1n) is 6.41. The zero-order valence-corrected chi connectivity index (χ0v) is 11.4. The number of carbonyl (C=O) groups excluding carboxylic acids is 1. The minimum absolute atomic E-state index is 0.217. The molecule has 0 atom stereocenters. The quantitative estimate of drug-likeness (QED) is 0.760. The van der Waals surface area contributed by atoms with Crippen LogP contribution in [0.15, 0.2) is 36.4 Å². The maximum Gasteiger partial charge on any atom is 0.156 e. The lowest BCUT2D eigenvalue weighted by molar-refractivity contribution is -0.114. The van der Waals surface area contributed by atoms with Gasteiger partial charge in [-0.3, -0.25) is 9.69 Å². The average molecular weight is 261 g/mol. The van der Waals surface area contributed by atoms with Crippen LogP contribution in [0.5, 0.6) is 0 Å². The van der Waals surface area contributed by atoms with Crippen molar-refractivity contribution in [2.24, 2.45) is 0 Å². The van der Waals surface area contributed by atoms with Gasteiger partial charge in [0.2, 0.25) is 0 Å². The minimum atomic E-state index is 0.217. The maximum absolute atomic E-state index is 11.7. The fourth-order valence-corrected chi connectivity index (χ4v) is 2.91. The molecular weight excluding hydrogens is 242 g/mol. The molecule has 0 saturated carbocycles. The summed E-state index contributed by atoms with van der Waals surface area (Å²) < 4.78 is 0. The van der Waals surface area contributed by atoms with Crippen LogP contribution in [0.1, 0.15) is 18.4 Å². The first kappa shape index (κ1) is 13.4. The van der Waals surface area contributed by atoms with E-state index in [1.54, 1.807) is 6.08 Å². The largest absolute Gasteiger partial charge is 0.295 e. The lowest BCUT2D eigenvalue weighted by Gasteiger charge is -2.25. The van der Waals surface area contributed by atoms with Crippen molar-refractivity contribution in [3.05, 3.63) is 42.0 Å². The van der Waals surface area contributed by atoms with E-state index < -0.39 is 0 Å². The van der Waals surface area contributed by atoms with E-state index in [0.717, 1.165) is 24.5 Å². The van der Waals surface area contributed by atoms with Crippen molar-refractivity contribution >= 4 is 23.6 Å². The van der Waals surface area contributed by atoms with Gasteiger partial charge in [-0.25, -0.2) is 0 Å². The summed E-state index contributed by atoms with van der Waals surface area (Å²) >= 11 is 1.96. The van der Waals surface area contributed by atoms with Crippen molar-refractivity contribution < 1.29 is 4.79 Å². The third-order valence-electron chi connectivity index (χ3n) is 2.97. The third-order valence-corrected chi connectivity index (χ3v) is 4.10. The lowest BCUT2D eigenvalue weighted by atomic mass is 10.1. The topological polar surface area (TPSA) is 20.3 Å². The molecule has 0 aliphatic carbocycles. The summed E-state index contributed by atoms with van der Waals surface area (Å²) in [4.78, 5) is 14.1. The van der Waals surface area contributed by atoms with Crippen LogP contribution in [-0.4, -0.2) is 35.4 Å². The summed E-state index contributed by atoms with van der Waals surface area (Å²) in [6.07, 6.45) is 5.47. The second kappa shape index (κ2) is 7.39. The maximum atomic E-state index is 11.7. The van der Waals surface area contributed by atoms with Crippen LogP contribution in [-0.2, 0) is 4.79 Å². The highest BCUT2D eigenvalue weighted by atomic mass is 32.2. The number of benzene rings is 1. The van der Waals surface area contributed by atoms with Crippen LogP contribution < -0.4 is 0 Å². The molecule has 3 heteroatoms. The number of nitrogens with zero attached hydrogens (tertiary/aromatic N) is 1. The Balaban J connectivity index is 1.73. The second-order valence-electron chi connectivity index (χ2n) is 4.47. The Morgan fingerprint density at radius 1 is 1.33 bits per heavy atom. The lowest BCUT2D eigenvalue weighted by Crippen LogP contribution is -2.30. The molecule has 1 heterocycles. The van der Waals surface area contributed by atoms with Crippen LogP contribution >= 0.6 is 11.8 Å². The number of thioether (sulfide) groups is 1. The van der Waals surface area contributed by atoms with Crippen LogP contribution in [0.2, 0.25) is 0 Å². The van der Waals surface area contributed by atoms with Crippen molar-refractivity contribution in [3.8, 4) is 0 Å². The standard InChI is InChI=1S/C15H19NOS/c17-15(8-7-14-5-2-1-3-6-14)9-11-16-10-4-12-18-13-16/h1-3,5-8H,4,9-13H2. The fraction of sp³-hybridized carbons (Fsp3) is 0.400. The van der Waals surface area contributed by atoms with Crippen LogP contribution in [0, 0.1) is 0 Å². The summed E-state index contributed by atoms with van der Waals surface area (Å²) in [5.74, 6) is 2.56. The normalized spacial score (nSPS) is 17.1. The molecule has 0 spiro atoms. The van der Waals surface area contributed by atoms with E-state index in [1.807, 2.05) is 48.2 Å². The highest BCUT2D eigenvalue weighted by Gasteiger charge is 2.10. The van der Waals surface area contributed by atoms with Gasteiger partial charge in [0, 0.05) is 18.8 Å². The van der Waals surface area contributed by atoms with E-state index in [2.05, 4.69) is 4.90 Å². The molecule has 1 aromatic carbocycles. The van der Waals surface area contributed by atoms with Crippen molar-refractivity contribution in [2.75, 3.05) is 24.7 Å². The molecular formula is C15H19NOS. The van der Waals surface area contributed by atoms with Crippen molar-refractivity contribution in [1.29, 1.82) is 0 Å². The van der Waals surface area contributed by atoms with Gasteiger partial charge in [-0.15, -0.1) is 11.8 Å². The number of carbonyl (C=O) groups is 1. The van der Waals surface area contributed by atoms with Crippen molar-refractivity contribution in [3.63, 3.8) is 0 Å². The van der Waals surface area contributed by atoms with Crippen molar-refractivity contribution in [2.45, 2.75) is 12.8 Å². The predicted molar refractivity (Wildman–Crippen MR) is 78.6 cm³/mol. The molecule has 0 N–H and O–H groups in total. The van der Waals surface area contributed by atoms with Gasteiger partial charge in [0.25, 0.3) is 0 Å². The van der Waals surface area contributed by atoms with Gasteiger partial charge in [0.15, 0.2) is 5.78 Å². The van der Waals surface area contributed by atoms with Gasteiger partial charge in [-0.2, -0.15) is 0 Å². The molecule has 1 aliphatic rings. The van der Waals surface area contributed by atoms with E-state index in [0.29, 0.717) is 6.42 Å². The Morgan fingerprint density at radius 3 is 2.89 bits per heavy atom. The molecule has 0 radical (unpaired) electrons. The Labute approximate surface area is 113 Å². The highest BCUT2D eigenvalue weighted by molar-refractivity contribution is 7.99. The summed E-state index contributed by atoms with van der Waals surface area (Å²) in [6, 6.07) is 9.95. The molecule has 0 unspecified atom stereocenters. The monoisotopic (exact) mass is 261 g/mol. The van der Waals surface area contributed by atoms with E-state index >= 15 is 0 Å². The van der Waals surface area contributed by atoms with E-state index in [-0.39, 0.29) is 5.78 Å². The molecule has 2 rings (SSSR count). The molecule has 0 aromatic heterocycles. The SMILES string of the molecule is O=C(C=Cc1ccccc1)CCN1CCCSC1. The Bertz CT molecular complexity index is 396. The van der Waals surface area contributed by atoms with Gasteiger partial charge in [-0.05, 0) is 30.4 Å². The predicted octanol–water partition coefficient (Wildman–Crippen LogP) is 3.06. The van der Waals surface area contributed by atoms with Gasteiger partial charge >= 0.3 is 0 Å². The van der Waals surface area contributed by atoms with E-state index in [9.17, 15) is 4.79 Å². The van der Waals surface area contributed by atoms with Crippen LogP contribution in [0.3, 0.4) is 0 Å². The highest BCUT2D eigenvalue weighted by Crippen LogP contribution is 2.13. The number of ketones is 1. The zero-order valence-electron chi connectivity index (χ0n) is 10.5. The summed E-state index contributed by atoms with van der Waals surface area (Å²) in [5, 5.41) is 0. The van der Waals surface area contributed by atoms with E-state index in [1.165, 1.54) is 12.2 Å².